The van der Waals surface area contributed by atoms with Gasteiger partial charge in [-0.25, -0.2) is 8.42 Å². The number of carbonyl (C=O) groups is 1. The van der Waals surface area contributed by atoms with Gasteiger partial charge in [0.05, 0.1) is 18.5 Å². The van der Waals surface area contributed by atoms with E-state index < -0.39 is 16.1 Å². The molecular weight excluding hydrogens is 456 g/mol. The van der Waals surface area contributed by atoms with Crippen LogP contribution < -0.4 is 9.04 Å². The molecule has 0 N–H and O–H groups in total. The van der Waals surface area contributed by atoms with Crippen LogP contribution in [-0.2, 0) is 21.4 Å². The molecule has 0 bridgehead atoms. The lowest BCUT2D eigenvalue weighted by Gasteiger charge is -2.21. The zero-order valence-electron chi connectivity index (χ0n) is 18.0. The number of carbonyl (C=O) groups excluding carboxylic acids is 1. The number of rotatable bonds is 8. The van der Waals surface area contributed by atoms with Gasteiger partial charge in [-0.1, -0.05) is 16.8 Å². The van der Waals surface area contributed by atoms with Gasteiger partial charge in [-0.3, -0.25) is 9.10 Å². The lowest BCUT2D eigenvalue weighted by molar-refractivity contribution is -0.137. The predicted molar refractivity (Wildman–Crippen MR) is 121 cm³/mol. The molecule has 0 spiro atoms. The Balaban J connectivity index is 1.59. The van der Waals surface area contributed by atoms with Crippen LogP contribution in [0, 0.1) is 0 Å². The summed E-state index contributed by atoms with van der Waals surface area (Å²) in [5.74, 6) is 0.841. The van der Waals surface area contributed by atoms with E-state index in [1.165, 1.54) is 11.9 Å². The summed E-state index contributed by atoms with van der Waals surface area (Å²) in [7, 11) is -0.288. The van der Waals surface area contributed by atoms with Crippen molar-refractivity contribution in [2.24, 2.45) is 0 Å². The monoisotopic (exact) mass is 478 g/mol. The summed E-state index contributed by atoms with van der Waals surface area (Å²) in [5, 5.41) is 4.54. The normalized spacial score (nSPS) is 12.3. The van der Waals surface area contributed by atoms with E-state index in [2.05, 4.69) is 10.1 Å². The van der Waals surface area contributed by atoms with Crippen molar-refractivity contribution in [1.29, 1.82) is 0 Å². The highest BCUT2D eigenvalue weighted by Gasteiger charge is 2.22. The number of halogens is 1. The second-order valence-corrected chi connectivity index (χ2v) is 9.65. The zero-order valence-corrected chi connectivity index (χ0v) is 19.6. The third kappa shape index (κ3) is 5.77. The maximum absolute atomic E-state index is 12.7. The first-order chi connectivity index (χ1) is 15.0. The van der Waals surface area contributed by atoms with Crippen LogP contribution in [0.5, 0.6) is 5.75 Å². The minimum absolute atomic E-state index is 0.116. The SMILES string of the molecule is C[C@@H](Oc1ccc(N(C)S(C)(=O)=O)cc1)C(=O)N(C)Cc1nc(-c2ccc(Cl)cc2)no1. The van der Waals surface area contributed by atoms with Crippen molar-refractivity contribution in [3.05, 3.63) is 59.4 Å². The molecule has 3 rings (SSSR count). The van der Waals surface area contributed by atoms with Crippen LogP contribution in [0.2, 0.25) is 5.02 Å². The zero-order chi connectivity index (χ0) is 23.5. The molecule has 0 unspecified atom stereocenters. The summed E-state index contributed by atoms with van der Waals surface area (Å²) in [5.41, 5.74) is 1.24. The molecule has 9 nitrogen and oxygen atoms in total. The smallest absolute Gasteiger partial charge is 0.263 e. The Morgan fingerprint density at radius 1 is 1.12 bits per heavy atom. The number of hydrogen-bond acceptors (Lipinski definition) is 7. The predicted octanol–water partition coefficient (Wildman–Crippen LogP) is 3.21. The van der Waals surface area contributed by atoms with Crippen molar-refractivity contribution >= 4 is 33.2 Å². The van der Waals surface area contributed by atoms with Gasteiger partial charge in [0.1, 0.15) is 5.75 Å². The number of ether oxygens (including phenoxy) is 1. The van der Waals surface area contributed by atoms with Gasteiger partial charge in [-0.05, 0) is 55.5 Å². The summed E-state index contributed by atoms with van der Waals surface area (Å²) in [6.45, 7) is 1.74. The van der Waals surface area contributed by atoms with Gasteiger partial charge in [-0.15, -0.1) is 0 Å². The standard InChI is InChI=1S/C21H23ClN4O5S/c1-14(30-18-11-9-17(10-12-18)26(3)32(4,28)29)21(27)25(2)13-19-23-20(24-31-19)15-5-7-16(22)8-6-15/h5-12,14H,13H2,1-4H3/t14-/m1/s1. The molecule has 0 saturated carbocycles. The van der Waals surface area contributed by atoms with Crippen molar-refractivity contribution in [2.75, 3.05) is 24.7 Å². The molecule has 0 radical (unpaired) electrons. The first kappa shape index (κ1) is 23.6. The van der Waals surface area contributed by atoms with E-state index in [0.717, 1.165) is 16.1 Å². The molecule has 0 aliphatic carbocycles. The van der Waals surface area contributed by atoms with E-state index in [1.54, 1.807) is 62.5 Å². The third-order valence-electron chi connectivity index (χ3n) is 4.68. The number of amides is 1. The summed E-state index contributed by atoms with van der Waals surface area (Å²) in [6, 6.07) is 13.4. The van der Waals surface area contributed by atoms with Crippen LogP contribution in [-0.4, -0.2) is 55.8 Å². The molecule has 0 aliphatic heterocycles. The number of anilines is 1. The molecule has 170 valence electrons. The van der Waals surface area contributed by atoms with E-state index in [-0.39, 0.29) is 18.3 Å². The van der Waals surface area contributed by atoms with Gasteiger partial charge in [0.25, 0.3) is 5.91 Å². The molecule has 32 heavy (non-hydrogen) atoms. The van der Waals surface area contributed by atoms with Crippen molar-refractivity contribution in [3.8, 4) is 17.1 Å². The van der Waals surface area contributed by atoms with Gasteiger partial charge in [-0.2, -0.15) is 4.98 Å². The summed E-state index contributed by atoms with van der Waals surface area (Å²) in [4.78, 5) is 18.4. The van der Waals surface area contributed by atoms with Crippen LogP contribution in [0.25, 0.3) is 11.4 Å². The third-order valence-corrected chi connectivity index (χ3v) is 6.14. The van der Waals surface area contributed by atoms with Crippen LogP contribution >= 0.6 is 11.6 Å². The van der Waals surface area contributed by atoms with E-state index in [4.69, 9.17) is 20.9 Å². The topological polar surface area (TPSA) is 106 Å². The van der Waals surface area contributed by atoms with E-state index in [1.807, 2.05) is 0 Å². The Hall–Kier alpha value is -3.11. The maximum atomic E-state index is 12.7. The summed E-state index contributed by atoms with van der Waals surface area (Å²) < 4.78 is 35.4. The van der Waals surface area contributed by atoms with Crippen LogP contribution in [0.15, 0.2) is 53.1 Å². The Kier molecular flexibility index (Phi) is 7.05. The first-order valence-corrected chi connectivity index (χ1v) is 11.8. The highest BCUT2D eigenvalue weighted by molar-refractivity contribution is 7.92. The van der Waals surface area contributed by atoms with E-state index in [9.17, 15) is 13.2 Å². The molecule has 3 aromatic rings. The average Bonchev–Trinajstić information content (AvgIpc) is 3.21. The molecule has 0 saturated heterocycles. The van der Waals surface area contributed by atoms with Crippen molar-refractivity contribution < 1.29 is 22.5 Å². The maximum Gasteiger partial charge on any atom is 0.263 e. The summed E-state index contributed by atoms with van der Waals surface area (Å²) in [6.07, 6.45) is 0.340. The second-order valence-electron chi connectivity index (χ2n) is 7.20. The lowest BCUT2D eigenvalue weighted by Crippen LogP contribution is -2.37. The minimum atomic E-state index is -3.36. The average molecular weight is 479 g/mol. The van der Waals surface area contributed by atoms with Crippen molar-refractivity contribution in [1.82, 2.24) is 15.0 Å². The van der Waals surface area contributed by atoms with E-state index >= 15 is 0 Å². The molecule has 1 aromatic heterocycles. The molecule has 0 aliphatic rings. The van der Waals surface area contributed by atoms with Gasteiger partial charge in [0, 0.05) is 24.7 Å². The quantitative estimate of drug-likeness (QED) is 0.489. The second kappa shape index (κ2) is 9.58. The Bertz CT molecular complexity index is 1180. The number of aromatic nitrogens is 2. The van der Waals surface area contributed by atoms with Gasteiger partial charge < -0.3 is 14.2 Å². The van der Waals surface area contributed by atoms with Gasteiger partial charge in [0.2, 0.25) is 21.7 Å². The molecule has 0 fully saturated rings. The summed E-state index contributed by atoms with van der Waals surface area (Å²) >= 11 is 5.89. The molecule has 1 amide bonds. The fourth-order valence-electron chi connectivity index (χ4n) is 2.81. The molecule has 1 atom stereocenters. The van der Waals surface area contributed by atoms with Gasteiger partial charge >= 0.3 is 0 Å². The number of likely N-dealkylation sites (N-methyl/N-ethyl adjacent to an activating group) is 1. The molecule has 11 heteroatoms. The number of benzene rings is 2. The largest absolute Gasteiger partial charge is 0.481 e. The number of hydrogen-bond donors (Lipinski definition) is 0. The van der Waals surface area contributed by atoms with Crippen molar-refractivity contribution in [3.63, 3.8) is 0 Å². The number of nitrogens with zero attached hydrogens (tertiary/aromatic N) is 4. The first-order valence-electron chi connectivity index (χ1n) is 9.58. The molecule has 1 heterocycles. The molecular formula is C21H23ClN4O5S. The Morgan fingerprint density at radius 2 is 1.75 bits per heavy atom. The Labute approximate surface area is 191 Å². The van der Waals surface area contributed by atoms with E-state index in [0.29, 0.717) is 22.3 Å². The Morgan fingerprint density at radius 3 is 2.34 bits per heavy atom. The van der Waals surface area contributed by atoms with Crippen LogP contribution in [0.4, 0.5) is 5.69 Å². The highest BCUT2D eigenvalue weighted by Crippen LogP contribution is 2.22. The lowest BCUT2D eigenvalue weighted by atomic mass is 10.2. The fourth-order valence-corrected chi connectivity index (χ4v) is 3.44. The molecule has 2 aromatic carbocycles. The van der Waals surface area contributed by atoms with Crippen LogP contribution in [0.3, 0.4) is 0 Å². The van der Waals surface area contributed by atoms with Crippen molar-refractivity contribution in [2.45, 2.75) is 19.6 Å². The minimum Gasteiger partial charge on any atom is -0.481 e. The van der Waals surface area contributed by atoms with Crippen LogP contribution in [0.1, 0.15) is 12.8 Å². The van der Waals surface area contributed by atoms with Gasteiger partial charge in [0.15, 0.2) is 6.10 Å². The number of sulfonamides is 1. The highest BCUT2D eigenvalue weighted by atomic mass is 35.5. The fraction of sp³-hybridized carbons (Fsp3) is 0.286.